The van der Waals surface area contributed by atoms with E-state index in [1.807, 2.05) is 0 Å². The minimum atomic E-state index is -1.21. The van der Waals surface area contributed by atoms with Crippen molar-refractivity contribution in [1.82, 2.24) is 5.32 Å². The molecule has 0 fully saturated rings. The van der Waals surface area contributed by atoms with E-state index < -0.39 is 7.12 Å². The van der Waals surface area contributed by atoms with Gasteiger partial charge in [-0.2, -0.15) is 0 Å². The van der Waals surface area contributed by atoms with E-state index in [2.05, 4.69) is 12.2 Å². The lowest BCUT2D eigenvalue weighted by Gasteiger charge is -2.03. The van der Waals surface area contributed by atoms with Crippen LogP contribution >= 0.6 is 0 Å². The quantitative estimate of drug-likeness (QED) is 0.363. The first kappa shape index (κ1) is 14.9. The van der Waals surface area contributed by atoms with Crippen molar-refractivity contribution in [3.05, 3.63) is 0 Å². The third-order valence-corrected chi connectivity index (χ3v) is 2.53. The van der Waals surface area contributed by atoms with Crippen molar-refractivity contribution in [3.8, 4) is 0 Å². The van der Waals surface area contributed by atoms with Crippen LogP contribution in [-0.4, -0.2) is 30.2 Å². The van der Waals surface area contributed by atoms with Crippen LogP contribution in [0.4, 0.5) is 0 Å². The highest BCUT2D eigenvalue weighted by Gasteiger charge is 2.03. The Kier molecular flexibility index (Phi) is 12.0. The number of hydrogen-bond acceptors (Lipinski definition) is 3. The average Bonchev–Trinajstić information content (AvgIpc) is 2.20. The molecule has 0 spiro atoms. The van der Waals surface area contributed by atoms with Crippen molar-refractivity contribution in [2.24, 2.45) is 0 Å². The maximum Gasteiger partial charge on any atom is 0.466 e. The van der Waals surface area contributed by atoms with Gasteiger partial charge in [-0.05, 0) is 13.0 Å². The van der Waals surface area contributed by atoms with E-state index in [4.69, 9.17) is 10.0 Å². The van der Waals surface area contributed by atoms with Gasteiger partial charge in [-0.25, -0.2) is 0 Å². The lowest BCUT2D eigenvalue weighted by atomic mass is 9.92. The van der Waals surface area contributed by atoms with Gasteiger partial charge in [-0.15, -0.1) is 0 Å². The first-order valence-electron chi connectivity index (χ1n) is 6.34. The largest absolute Gasteiger partial charge is 0.466 e. The number of unbranched alkanes of at least 4 members (excludes halogenated alkanes) is 7. The van der Waals surface area contributed by atoms with Crippen LogP contribution in [0.5, 0.6) is 0 Å². The molecule has 0 aliphatic heterocycles. The number of hydrogen-bond donors (Lipinski definition) is 3. The van der Waals surface area contributed by atoms with Gasteiger partial charge in [-0.3, -0.25) is 0 Å². The lowest BCUT2D eigenvalue weighted by molar-refractivity contribution is 0.398. The van der Waals surface area contributed by atoms with Gasteiger partial charge in [0, 0.05) is 6.44 Å². The van der Waals surface area contributed by atoms with E-state index in [0.29, 0.717) is 0 Å². The van der Waals surface area contributed by atoms with Gasteiger partial charge in [-0.1, -0.05) is 51.9 Å². The summed E-state index contributed by atoms with van der Waals surface area (Å²) in [5.74, 6) is 0. The standard InChI is InChI=1S/C11H26BNO2/c1-2-3-4-5-6-7-8-9-10-13-11-12(14)15/h13-15H,2-11H2,1H3. The summed E-state index contributed by atoms with van der Waals surface area (Å²) >= 11 is 0. The molecule has 0 heterocycles. The summed E-state index contributed by atoms with van der Waals surface area (Å²) in [5, 5.41) is 20.1. The maximum atomic E-state index is 8.57. The van der Waals surface area contributed by atoms with Crippen molar-refractivity contribution in [1.29, 1.82) is 0 Å². The zero-order valence-electron chi connectivity index (χ0n) is 10.0. The van der Waals surface area contributed by atoms with E-state index in [0.717, 1.165) is 13.0 Å². The van der Waals surface area contributed by atoms with Crippen LogP contribution in [0.3, 0.4) is 0 Å². The molecular formula is C11H26BNO2. The van der Waals surface area contributed by atoms with Crippen LogP contribution < -0.4 is 5.32 Å². The molecule has 0 radical (unpaired) electrons. The van der Waals surface area contributed by atoms with Crippen LogP contribution in [0.15, 0.2) is 0 Å². The molecule has 0 bridgehead atoms. The van der Waals surface area contributed by atoms with Crippen molar-refractivity contribution < 1.29 is 10.0 Å². The minimum Gasteiger partial charge on any atom is -0.426 e. The van der Waals surface area contributed by atoms with E-state index in [1.54, 1.807) is 0 Å². The molecule has 0 saturated heterocycles. The summed E-state index contributed by atoms with van der Waals surface area (Å²) < 4.78 is 0. The van der Waals surface area contributed by atoms with Crippen LogP contribution in [0.2, 0.25) is 0 Å². The van der Waals surface area contributed by atoms with Gasteiger partial charge in [0.05, 0.1) is 0 Å². The summed E-state index contributed by atoms with van der Waals surface area (Å²) in [4.78, 5) is 0. The average molecular weight is 215 g/mol. The van der Waals surface area contributed by atoms with Crippen LogP contribution in [-0.2, 0) is 0 Å². The highest BCUT2D eigenvalue weighted by atomic mass is 16.4. The Morgan fingerprint density at radius 3 is 1.93 bits per heavy atom. The van der Waals surface area contributed by atoms with Crippen molar-refractivity contribution >= 4 is 7.12 Å². The molecule has 0 rings (SSSR count). The molecule has 0 unspecified atom stereocenters. The molecule has 15 heavy (non-hydrogen) atoms. The van der Waals surface area contributed by atoms with E-state index >= 15 is 0 Å². The Hall–Kier alpha value is -0.0551. The smallest absolute Gasteiger partial charge is 0.426 e. The fourth-order valence-electron chi connectivity index (χ4n) is 1.62. The van der Waals surface area contributed by atoms with Crippen molar-refractivity contribution in [2.45, 2.75) is 58.3 Å². The predicted octanol–water partition coefficient (Wildman–Crippen LogP) is 1.73. The van der Waals surface area contributed by atoms with Crippen molar-refractivity contribution in [3.63, 3.8) is 0 Å². The maximum absolute atomic E-state index is 8.57. The molecule has 3 N–H and O–H groups in total. The summed E-state index contributed by atoms with van der Waals surface area (Å²) in [6.07, 6.45) is 10.8. The van der Waals surface area contributed by atoms with E-state index in [-0.39, 0.29) is 6.44 Å². The fourth-order valence-corrected chi connectivity index (χ4v) is 1.62. The molecule has 0 saturated carbocycles. The molecule has 4 heteroatoms. The SMILES string of the molecule is CCCCCCCCCCNCB(O)O. The predicted molar refractivity (Wildman–Crippen MR) is 65.7 cm³/mol. The Balaban J connectivity index is 2.87. The summed E-state index contributed by atoms with van der Waals surface area (Å²) in [7, 11) is -1.21. The van der Waals surface area contributed by atoms with Gasteiger partial charge in [0.25, 0.3) is 0 Å². The van der Waals surface area contributed by atoms with Gasteiger partial charge in [0.2, 0.25) is 0 Å². The second-order valence-electron chi connectivity index (χ2n) is 4.16. The highest BCUT2D eigenvalue weighted by Crippen LogP contribution is 2.07. The van der Waals surface area contributed by atoms with Gasteiger partial charge in [0.15, 0.2) is 0 Å². The Labute approximate surface area is 94.4 Å². The van der Waals surface area contributed by atoms with Crippen LogP contribution in [0.25, 0.3) is 0 Å². The topological polar surface area (TPSA) is 52.5 Å². The summed E-state index contributed by atoms with van der Waals surface area (Å²) in [5.41, 5.74) is 0. The van der Waals surface area contributed by atoms with Gasteiger partial charge in [0.1, 0.15) is 0 Å². The molecule has 90 valence electrons. The highest BCUT2D eigenvalue weighted by molar-refractivity contribution is 6.41. The molecule has 0 aliphatic rings. The summed E-state index contributed by atoms with van der Waals surface area (Å²) in [6.45, 7) is 3.13. The molecule has 0 atom stereocenters. The Morgan fingerprint density at radius 1 is 0.867 bits per heavy atom. The second-order valence-corrected chi connectivity index (χ2v) is 4.16. The Bertz CT molecular complexity index is 123. The molecule has 0 aromatic carbocycles. The molecule has 0 amide bonds. The first-order chi connectivity index (χ1) is 7.27. The Morgan fingerprint density at radius 2 is 1.40 bits per heavy atom. The van der Waals surface area contributed by atoms with Crippen LogP contribution in [0.1, 0.15) is 58.3 Å². The normalized spacial score (nSPS) is 10.6. The fraction of sp³-hybridized carbons (Fsp3) is 1.00. The lowest BCUT2D eigenvalue weighted by Crippen LogP contribution is -2.31. The molecule has 0 aromatic heterocycles. The third-order valence-electron chi connectivity index (χ3n) is 2.53. The molecular weight excluding hydrogens is 189 g/mol. The van der Waals surface area contributed by atoms with Crippen molar-refractivity contribution in [2.75, 3.05) is 13.0 Å². The molecule has 0 aliphatic carbocycles. The first-order valence-corrected chi connectivity index (χ1v) is 6.34. The van der Waals surface area contributed by atoms with Gasteiger partial charge < -0.3 is 15.4 Å². The zero-order chi connectivity index (χ0) is 11.4. The van der Waals surface area contributed by atoms with Gasteiger partial charge >= 0.3 is 7.12 Å². The van der Waals surface area contributed by atoms with E-state index in [1.165, 1.54) is 44.9 Å². The van der Waals surface area contributed by atoms with Crippen LogP contribution in [0, 0.1) is 0 Å². The zero-order valence-corrected chi connectivity index (χ0v) is 10.0. The third kappa shape index (κ3) is 13.9. The molecule has 0 aromatic rings. The minimum absolute atomic E-state index is 0.288. The number of rotatable bonds is 11. The molecule has 3 nitrogen and oxygen atoms in total. The summed E-state index contributed by atoms with van der Waals surface area (Å²) in [6, 6.07) is 0. The second kappa shape index (κ2) is 12.0. The van der Waals surface area contributed by atoms with E-state index in [9.17, 15) is 0 Å². The monoisotopic (exact) mass is 215 g/mol. The number of nitrogens with one attached hydrogen (secondary N) is 1.